The Morgan fingerprint density at radius 3 is 2.47 bits per heavy atom. The van der Waals surface area contributed by atoms with Crippen LogP contribution in [0.3, 0.4) is 0 Å². The number of nitrogens with zero attached hydrogens (tertiary/aromatic N) is 1. The molecule has 1 heterocycles. The summed E-state index contributed by atoms with van der Waals surface area (Å²) in [6, 6.07) is 0. The van der Waals surface area contributed by atoms with Gasteiger partial charge in [0.15, 0.2) is 0 Å². The van der Waals surface area contributed by atoms with Gasteiger partial charge in [0.2, 0.25) is 0 Å². The molecule has 86 valence electrons. The monoisotopic (exact) mass is 229 g/mol. The first kappa shape index (κ1) is 12.6. The van der Waals surface area contributed by atoms with Crippen molar-refractivity contribution in [3.8, 4) is 0 Å². The predicted molar refractivity (Wildman–Crippen MR) is 61.9 cm³/mol. The zero-order chi connectivity index (χ0) is 11.3. The van der Waals surface area contributed by atoms with E-state index in [-0.39, 0.29) is 13.2 Å². The summed E-state index contributed by atoms with van der Waals surface area (Å²) in [7, 11) is 0. The summed E-state index contributed by atoms with van der Waals surface area (Å²) in [5, 5.41) is 20.9. The van der Waals surface area contributed by atoms with Gasteiger partial charge in [-0.1, -0.05) is 13.8 Å². The average molecular weight is 229 g/mol. The second-order valence-electron chi connectivity index (χ2n) is 4.57. The first-order valence-corrected chi connectivity index (χ1v) is 6.15. The number of thiazole rings is 1. The Balaban J connectivity index is 2.71. The molecule has 0 bridgehead atoms. The fourth-order valence-electron chi connectivity index (χ4n) is 1.94. The van der Waals surface area contributed by atoms with Gasteiger partial charge >= 0.3 is 0 Å². The molecule has 0 aliphatic carbocycles. The van der Waals surface area contributed by atoms with Crippen molar-refractivity contribution in [1.29, 1.82) is 0 Å². The Morgan fingerprint density at radius 1 is 1.40 bits per heavy atom. The summed E-state index contributed by atoms with van der Waals surface area (Å²) in [6.07, 6.45) is 1.47. The lowest BCUT2D eigenvalue weighted by atomic mass is 9.78. The van der Waals surface area contributed by atoms with Crippen molar-refractivity contribution < 1.29 is 10.2 Å². The molecule has 0 atom stereocenters. The maximum atomic E-state index is 9.44. The second kappa shape index (κ2) is 5.58. The molecule has 2 N–H and O–H groups in total. The maximum absolute atomic E-state index is 9.44. The van der Waals surface area contributed by atoms with Gasteiger partial charge in [0.05, 0.1) is 24.4 Å². The van der Waals surface area contributed by atoms with Crippen molar-refractivity contribution >= 4 is 11.3 Å². The molecule has 0 amide bonds. The summed E-state index contributed by atoms with van der Waals surface area (Å²) in [4.78, 5) is 4.20. The number of hydrogen-bond acceptors (Lipinski definition) is 4. The molecule has 0 radical (unpaired) electrons. The van der Waals surface area contributed by atoms with Crippen LogP contribution in [0.15, 0.2) is 10.9 Å². The molecule has 0 aliphatic heterocycles. The van der Waals surface area contributed by atoms with Crippen molar-refractivity contribution in [3.63, 3.8) is 0 Å². The minimum atomic E-state index is -0.414. The summed E-state index contributed by atoms with van der Waals surface area (Å²) >= 11 is 1.55. The minimum absolute atomic E-state index is 0.0131. The molecular weight excluding hydrogens is 210 g/mol. The topological polar surface area (TPSA) is 53.4 Å². The number of aliphatic hydroxyl groups excluding tert-OH is 2. The number of rotatable bonds is 6. The van der Waals surface area contributed by atoms with Crippen LogP contribution in [0.1, 0.15) is 26.0 Å². The van der Waals surface area contributed by atoms with Crippen LogP contribution in [-0.4, -0.2) is 28.4 Å². The van der Waals surface area contributed by atoms with Gasteiger partial charge in [0.1, 0.15) is 0 Å². The normalized spacial score (nSPS) is 12.3. The van der Waals surface area contributed by atoms with Gasteiger partial charge in [0, 0.05) is 17.2 Å². The fourth-order valence-corrected chi connectivity index (χ4v) is 2.50. The third-order valence-electron chi connectivity index (χ3n) is 2.55. The van der Waals surface area contributed by atoms with E-state index < -0.39 is 5.41 Å². The Morgan fingerprint density at radius 2 is 2.07 bits per heavy atom. The Hall–Kier alpha value is -0.450. The zero-order valence-corrected chi connectivity index (χ0v) is 10.1. The van der Waals surface area contributed by atoms with Crippen molar-refractivity contribution in [2.45, 2.75) is 26.7 Å². The summed E-state index contributed by atoms with van der Waals surface area (Å²) in [5.41, 5.74) is 2.33. The minimum Gasteiger partial charge on any atom is -0.396 e. The van der Waals surface area contributed by atoms with E-state index in [2.05, 4.69) is 18.8 Å². The molecule has 3 nitrogen and oxygen atoms in total. The Labute approximate surface area is 94.8 Å². The molecule has 0 saturated carbocycles. The van der Waals surface area contributed by atoms with Crippen LogP contribution >= 0.6 is 11.3 Å². The molecule has 0 unspecified atom stereocenters. The van der Waals surface area contributed by atoms with Crippen LogP contribution in [0.2, 0.25) is 0 Å². The summed E-state index contributed by atoms with van der Waals surface area (Å²) < 4.78 is 0. The van der Waals surface area contributed by atoms with Gasteiger partial charge in [-0.15, -0.1) is 11.3 Å². The SMILES string of the molecule is CC(C)CC(CO)(CO)Cc1cscn1. The van der Waals surface area contributed by atoms with Crippen molar-refractivity contribution in [3.05, 3.63) is 16.6 Å². The van der Waals surface area contributed by atoms with Gasteiger partial charge in [-0.2, -0.15) is 0 Å². The quantitative estimate of drug-likeness (QED) is 0.780. The standard InChI is InChI=1S/C11H19NO2S/c1-9(2)3-11(6-13,7-14)4-10-5-15-8-12-10/h5,8-9,13-14H,3-4,6-7H2,1-2H3. The van der Waals surface area contributed by atoms with E-state index >= 15 is 0 Å². The van der Waals surface area contributed by atoms with E-state index in [0.717, 1.165) is 12.1 Å². The third-order valence-corrected chi connectivity index (χ3v) is 3.19. The summed E-state index contributed by atoms with van der Waals surface area (Å²) in [6.45, 7) is 4.22. The summed E-state index contributed by atoms with van der Waals surface area (Å²) in [5.74, 6) is 0.461. The Bertz CT molecular complexity index is 268. The van der Waals surface area contributed by atoms with Gasteiger partial charge in [-0.05, 0) is 12.3 Å². The molecule has 1 rings (SSSR count). The molecule has 1 aromatic heterocycles. The highest BCUT2D eigenvalue weighted by Gasteiger charge is 2.30. The van der Waals surface area contributed by atoms with Crippen molar-refractivity contribution in [1.82, 2.24) is 4.98 Å². The van der Waals surface area contributed by atoms with Crippen LogP contribution in [0.25, 0.3) is 0 Å². The average Bonchev–Trinajstić information content (AvgIpc) is 2.68. The van der Waals surface area contributed by atoms with E-state index in [0.29, 0.717) is 12.3 Å². The lowest BCUT2D eigenvalue weighted by Crippen LogP contribution is -2.34. The number of hydrogen-bond donors (Lipinski definition) is 2. The molecule has 0 saturated heterocycles. The first-order valence-electron chi connectivity index (χ1n) is 5.21. The number of aliphatic hydroxyl groups is 2. The van der Waals surface area contributed by atoms with Gasteiger partial charge in [-0.3, -0.25) is 0 Å². The second-order valence-corrected chi connectivity index (χ2v) is 5.29. The molecular formula is C11H19NO2S. The highest BCUT2D eigenvalue weighted by molar-refractivity contribution is 7.07. The molecule has 0 aromatic carbocycles. The zero-order valence-electron chi connectivity index (χ0n) is 9.31. The molecule has 15 heavy (non-hydrogen) atoms. The van der Waals surface area contributed by atoms with Gasteiger partial charge < -0.3 is 10.2 Å². The lowest BCUT2D eigenvalue weighted by Gasteiger charge is -2.30. The molecule has 1 aromatic rings. The molecule has 0 aliphatic rings. The van der Waals surface area contributed by atoms with E-state index in [9.17, 15) is 10.2 Å². The van der Waals surface area contributed by atoms with Gasteiger partial charge in [0.25, 0.3) is 0 Å². The predicted octanol–water partition coefficient (Wildman–Crippen LogP) is 1.70. The van der Waals surface area contributed by atoms with E-state index in [1.165, 1.54) is 0 Å². The number of aromatic nitrogens is 1. The maximum Gasteiger partial charge on any atom is 0.0794 e. The van der Waals surface area contributed by atoms with Crippen LogP contribution in [0.4, 0.5) is 0 Å². The van der Waals surface area contributed by atoms with Crippen LogP contribution < -0.4 is 0 Å². The van der Waals surface area contributed by atoms with Gasteiger partial charge in [-0.25, -0.2) is 4.98 Å². The molecule has 0 fully saturated rings. The Kier molecular flexibility index (Phi) is 4.70. The molecule has 4 heteroatoms. The lowest BCUT2D eigenvalue weighted by molar-refractivity contribution is 0.0363. The van der Waals surface area contributed by atoms with Crippen molar-refractivity contribution in [2.24, 2.45) is 11.3 Å². The van der Waals surface area contributed by atoms with Crippen molar-refractivity contribution in [2.75, 3.05) is 13.2 Å². The smallest absolute Gasteiger partial charge is 0.0794 e. The first-order chi connectivity index (χ1) is 7.12. The fraction of sp³-hybridized carbons (Fsp3) is 0.727. The van der Waals surface area contributed by atoms with E-state index in [1.807, 2.05) is 5.38 Å². The van der Waals surface area contributed by atoms with E-state index in [1.54, 1.807) is 16.8 Å². The van der Waals surface area contributed by atoms with E-state index in [4.69, 9.17) is 0 Å². The highest BCUT2D eigenvalue weighted by atomic mass is 32.1. The third kappa shape index (κ3) is 3.55. The van der Waals surface area contributed by atoms with Crippen LogP contribution in [0.5, 0.6) is 0 Å². The highest BCUT2D eigenvalue weighted by Crippen LogP contribution is 2.29. The van der Waals surface area contributed by atoms with Crippen LogP contribution in [0, 0.1) is 11.3 Å². The van der Waals surface area contributed by atoms with Crippen LogP contribution in [-0.2, 0) is 6.42 Å². The molecule has 0 spiro atoms. The largest absolute Gasteiger partial charge is 0.396 e.